The average Bonchev–Trinajstić information content (AvgIpc) is 3.37. The smallest absolute Gasteiger partial charge is 0.338 e. The molecule has 1 atom stereocenters. The Morgan fingerprint density at radius 1 is 1.27 bits per heavy atom. The summed E-state index contributed by atoms with van der Waals surface area (Å²) in [6, 6.07) is 12.2. The molecule has 0 unspecified atom stereocenters. The van der Waals surface area contributed by atoms with Crippen LogP contribution in [0, 0.1) is 0 Å². The van der Waals surface area contributed by atoms with Crippen LogP contribution in [-0.2, 0) is 9.53 Å². The van der Waals surface area contributed by atoms with Crippen molar-refractivity contribution in [3.63, 3.8) is 0 Å². The molecule has 2 aromatic carbocycles. The van der Waals surface area contributed by atoms with E-state index in [1.165, 1.54) is 11.3 Å². The van der Waals surface area contributed by atoms with Crippen molar-refractivity contribution >= 4 is 35.0 Å². The van der Waals surface area contributed by atoms with Crippen LogP contribution >= 0.6 is 22.9 Å². The number of benzene rings is 2. The van der Waals surface area contributed by atoms with Crippen molar-refractivity contribution in [3.05, 3.63) is 89.6 Å². The molecule has 0 bridgehead atoms. The molecule has 0 spiro atoms. The molecule has 0 aliphatic carbocycles. The van der Waals surface area contributed by atoms with Gasteiger partial charge in [-0.2, -0.15) is 0 Å². The lowest BCUT2D eigenvalue weighted by molar-refractivity contribution is -0.139. The van der Waals surface area contributed by atoms with Crippen LogP contribution in [0.25, 0.3) is 6.08 Å². The number of halogens is 1. The highest BCUT2D eigenvalue weighted by Crippen LogP contribution is 2.37. The second kappa shape index (κ2) is 8.53. The summed E-state index contributed by atoms with van der Waals surface area (Å²) in [5.41, 5.74) is 2.03. The Labute approximate surface area is 197 Å². The van der Waals surface area contributed by atoms with E-state index in [0.717, 1.165) is 5.56 Å². The van der Waals surface area contributed by atoms with E-state index in [9.17, 15) is 9.59 Å². The third kappa shape index (κ3) is 3.75. The molecule has 7 nitrogen and oxygen atoms in total. The van der Waals surface area contributed by atoms with Gasteiger partial charge in [0, 0.05) is 6.07 Å². The molecule has 3 heterocycles. The van der Waals surface area contributed by atoms with Gasteiger partial charge in [-0.15, -0.1) is 0 Å². The van der Waals surface area contributed by atoms with Gasteiger partial charge >= 0.3 is 5.97 Å². The fourth-order valence-electron chi connectivity index (χ4n) is 3.93. The molecule has 9 heteroatoms. The molecule has 1 aromatic heterocycles. The average molecular weight is 483 g/mol. The lowest BCUT2D eigenvalue weighted by atomic mass is 9.96. The highest BCUT2D eigenvalue weighted by atomic mass is 35.5. The van der Waals surface area contributed by atoms with Crippen LogP contribution in [-0.4, -0.2) is 23.9 Å². The third-order valence-electron chi connectivity index (χ3n) is 5.41. The Morgan fingerprint density at radius 3 is 2.73 bits per heavy atom. The maximum atomic E-state index is 13.6. The Morgan fingerprint density at radius 2 is 2.00 bits per heavy atom. The number of allylic oxidation sites excluding steroid dienone is 1. The van der Waals surface area contributed by atoms with Crippen LogP contribution in [0.1, 0.15) is 31.0 Å². The number of thiazole rings is 1. The number of rotatable bonds is 4. The number of esters is 1. The van der Waals surface area contributed by atoms with E-state index in [4.69, 9.17) is 25.8 Å². The molecule has 0 amide bonds. The van der Waals surface area contributed by atoms with E-state index in [1.54, 1.807) is 36.6 Å². The highest BCUT2D eigenvalue weighted by Gasteiger charge is 2.33. The summed E-state index contributed by atoms with van der Waals surface area (Å²) in [7, 11) is 0. The largest absolute Gasteiger partial charge is 0.463 e. The van der Waals surface area contributed by atoms with E-state index >= 15 is 0 Å². The van der Waals surface area contributed by atoms with Gasteiger partial charge in [0.25, 0.3) is 5.56 Å². The SMILES string of the molecule is CCOC(=O)C1=C(C)N=c2s/c(=C/c3cc4c(cc3Cl)OCO4)c(=O)n2[C@@H]1c1ccccc1. The topological polar surface area (TPSA) is 79.1 Å². The monoisotopic (exact) mass is 482 g/mol. The molecular weight excluding hydrogens is 464 g/mol. The van der Waals surface area contributed by atoms with Gasteiger partial charge in [0.05, 0.1) is 33.5 Å². The molecule has 2 aliphatic rings. The van der Waals surface area contributed by atoms with E-state index in [0.29, 0.717) is 42.7 Å². The Bertz CT molecular complexity index is 1470. The lowest BCUT2D eigenvalue weighted by Crippen LogP contribution is -2.39. The standard InChI is InChI=1S/C24H19ClN2O5S/c1-3-30-23(29)20-13(2)26-24-27(21(20)14-7-5-4-6-8-14)22(28)19(33-24)10-15-9-17-18(11-16(15)25)32-12-31-17/h4-11,21H,3,12H2,1-2H3/b19-10+/t21-/m1/s1. The van der Waals surface area contributed by atoms with E-state index in [2.05, 4.69) is 4.99 Å². The fourth-order valence-corrected chi connectivity index (χ4v) is 5.17. The fraction of sp³-hybridized carbons (Fsp3) is 0.208. The zero-order valence-corrected chi connectivity index (χ0v) is 19.4. The quantitative estimate of drug-likeness (QED) is 0.534. The molecule has 0 N–H and O–H groups in total. The molecule has 2 aliphatic heterocycles. The lowest BCUT2D eigenvalue weighted by Gasteiger charge is -2.24. The summed E-state index contributed by atoms with van der Waals surface area (Å²) in [4.78, 5) is 31.5. The van der Waals surface area contributed by atoms with Gasteiger partial charge in [0.1, 0.15) is 0 Å². The first-order valence-corrected chi connectivity index (χ1v) is 11.5. The number of carbonyl (C=O) groups is 1. The Kier molecular flexibility index (Phi) is 5.55. The van der Waals surface area contributed by atoms with Crippen molar-refractivity contribution in [1.82, 2.24) is 4.57 Å². The first kappa shape index (κ1) is 21.5. The van der Waals surface area contributed by atoms with Crippen molar-refractivity contribution in [2.24, 2.45) is 4.99 Å². The maximum absolute atomic E-state index is 13.6. The summed E-state index contributed by atoms with van der Waals surface area (Å²) >= 11 is 7.66. The predicted molar refractivity (Wildman–Crippen MR) is 124 cm³/mol. The van der Waals surface area contributed by atoms with Gasteiger partial charge in [-0.3, -0.25) is 9.36 Å². The minimum atomic E-state index is -0.643. The van der Waals surface area contributed by atoms with Crippen molar-refractivity contribution in [2.45, 2.75) is 19.9 Å². The zero-order chi connectivity index (χ0) is 23.1. The van der Waals surface area contributed by atoms with Crippen LogP contribution in [0.5, 0.6) is 11.5 Å². The van der Waals surface area contributed by atoms with Gasteiger partial charge in [-0.05, 0) is 37.1 Å². The minimum Gasteiger partial charge on any atom is -0.463 e. The summed E-state index contributed by atoms with van der Waals surface area (Å²) in [6.45, 7) is 3.86. The highest BCUT2D eigenvalue weighted by molar-refractivity contribution is 7.07. The van der Waals surface area contributed by atoms with Gasteiger partial charge in [-0.25, -0.2) is 9.79 Å². The Balaban J connectivity index is 1.71. The van der Waals surface area contributed by atoms with Crippen molar-refractivity contribution in [3.8, 4) is 11.5 Å². The summed E-state index contributed by atoms with van der Waals surface area (Å²) in [5.74, 6) is 0.652. The number of fused-ring (bicyclic) bond motifs is 2. The molecule has 168 valence electrons. The first-order valence-electron chi connectivity index (χ1n) is 10.3. The van der Waals surface area contributed by atoms with E-state index in [-0.39, 0.29) is 19.0 Å². The molecule has 5 rings (SSSR count). The van der Waals surface area contributed by atoms with Crippen LogP contribution in [0.2, 0.25) is 5.02 Å². The van der Waals surface area contributed by atoms with Gasteiger partial charge in [-0.1, -0.05) is 53.3 Å². The third-order valence-corrected chi connectivity index (χ3v) is 6.72. The minimum absolute atomic E-state index is 0.129. The molecular formula is C24H19ClN2O5S. The van der Waals surface area contributed by atoms with Crippen LogP contribution in [0.4, 0.5) is 0 Å². The van der Waals surface area contributed by atoms with Crippen LogP contribution < -0.4 is 24.4 Å². The number of aromatic nitrogens is 1. The second-order valence-electron chi connectivity index (χ2n) is 7.44. The zero-order valence-electron chi connectivity index (χ0n) is 17.8. The number of hydrogen-bond acceptors (Lipinski definition) is 7. The normalized spacial score (nSPS) is 17.1. The summed E-state index contributed by atoms with van der Waals surface area (Å²) < 4.78 is 18.1. The van der Waals surface area contributed by atoms with Crippen molar-refractivity contribution in [2.75, 3.05) is 13.4 Å². The first-order chi connectivity index (χ1) is 16.0. The summed E-state index contributed by atoms with van der Waals surface area (Å²) in [5, 5.41) is 0.438. The summed E-state index contributed by atoms with van der Waals surface area (Å²) in [6.07, 6.45) is 1.71. The number of ether oxygens (including phenoxy) is 3. The maximum Gasteiger partial charge on any atom is 0.338 e. The molecule has 0 fully saturated rings. The van der Waals surface area contributed by atoms with Crippen molar-refractivity contribution in [1.29, 1.82) is 0 Å². The molecule has 0 radical (unpaired) electrons. The van der Waals surface area contributed by atoms with Crippen LogP contribution in [0.15, 0.2) is 63.5 Å². The number of carbonyl (C=O) groups excluding carboxylic acids is 1. The van der Waals surface area contributed by atoms with Gasteiger partial charge < -0.3 is 14.2 Å². The number of hydrogen-bond donors (Lipinski definition) is 0. The molecule has 3 aromatic rings. The Hall–Kier alpha value is -3.36. The van der Waals surface area contributed by atoms with Gasteiger partial charge in [0.2, 0.25) is 6.79 Å². The molecule has 0 saturated carbocycles. The molecule has 0 saturated heterocycles. The van der Waals surface area contributed by atoms with E-state index < -0.39 is 12.0 Å². The van der Waals surface area contributed by atoms with Gasteiger partial charge in [0.15, 0.2) is 16.3 Å². The second-order valence-corrected chi connectivity index (χ2v) is 8.86. The number of nitrogens with zero attached hydrogens (tertiary/aromatic N) is 2. The molecule has 33 heavy (non-hydrogen) atoms. The van der Waals surface area contributed by atoms with Crippen molar-refractivity contribution < 1.29 is 19.0 Å². The van der Waals surface area contributed by atoms with E-state index in [1.807, 2.05) is 30.3 Å². The predicted octanol–water partition coefficient (Wildman–Crippen LogP) is 3.18. The van der Waals surface area contributed by atoms with Crippen LogP contribution in [0.3, 0.4) is 0 Å².